The maximum absolute atomic E-state index is 10.7. The number of hydrogen-bond acceptors (Lipinski definition) is 6. The molecule has 2 unspecified atom stereocenters. The van der Waals surface area contributed by atoms with E-state index in [-0.39, 0.29) is 22.9 Å². The molecule has 0 radical (unpaired) electrons. The molecule has 18 heavy (non-hydrogen) atoms. The van der Waals surface area contributed by atoms with Gasteiger partial charge in [0.1, 0.15) is 11.8 Å². The Bertz CT molecular complexity index is 424. The van der Waals surface area contributed by atoms with Gasteiger partial charge in [-0.3, -0.25) is 9.59 Å². The fourth-order valence-corrected chi connectivity index (χ4v) is 2.02. The zero-order valence-corrected chi connectivity index (χ0v) is 10.8. The molecule has 0 saturated carbocycles. The smallest absolute Gasteiger partial charge is 0.185 e. The lowest BCUT2D eigenvalue weighted by Gasteiger charge is -2.17. The lowest BCUT2D eigenvalue weighted by Crippen LogP contribution is -2.20. The predicted molar refractivity (Wildman–Crippen MR) is 68.3 cm³/mol. The first kappa shape index (κ1) is 14.8. The van der Waals surface area contributed by atoms with Gasteiger partial charge in [-0.25, -0.2) is 4.98 Å². The summed E-state index contributed by atoms with van der Waals surface area (Å²) >= 11 is 1.09. The van der Waals surface area contributed by atoms with E-state index < -0.39 is 12.2 Å². The van der Waals surface area contributed by atoms with Crippen molar-refractivity contribution in [3.8, 4) is 0 Å². The zero-order valence-electron chi connectivity index (χ0n) is 9.94. The second-order valence-corrected chi connectivity index (χ2v) is 5.02. The number of rotatable bonds is 6. The molecule has 0 saturated heterocycles. The molecule has 2 N–H and O–H groups in total. The van der Waals surface area contributed by atoms with Gasteiger partial charge in [0.2, 0.25) is 0 Å². The molecule has 1 rings (SSSR count). The molecule has 98 valence electrons. The van der Waals surface area contributed by atoms with Gasteiger partial charge in [-0.05, 0) is 18.6 Å². The quantitative estimate of drug-likeness (QED) is 0.748. The van der Waals surface area contributed by atoms with Crippen LogP contribution in [0, 0.1) is 0 Å². The van der Waals surface area contributed by atoms with E-state index in [9.17, 15) is 19.8 Å². The van der Waals surface area contributed by atoms with Crippen molar-refractivity contribution in [3.63, 3.8) is 0 Å². The Labute approximate surface area is 109 Å². The summed E-state index contributed by atoms with van der Waals surface area (Å²) in [6, 6.07) is 4.65. The van der Waals surface area contributed by atoms with Crippen molar-refractivity contribution in [1.29, 1.82) is 0 Å². The lowest BCUT2D eigenvalue weighted by atomic mass is 10.1. The Hall–Kier alpha value is -1.24. The second kappa shape index (κ2) is 7.25. The molecule has 6 heteroatoms. The van der Waals surface area contributed by atoms with E-state index >= 15 is 0 Å². The van der Waals surface area contributed by atoms with Gasteiger partial charge >= 0.3 is 0 Å². The standard InChI is InChI=1S/C12H15NO4S/c1-8(15)18-6-5-11(16)12(17)10-4-2-3-9(7-14)13-10/h2-4,7,11-12,16-17H,5-6H2,1H3. The first-order valence-corrected chi connectivity index (χ1v) is 6.44. The Morgan fingerprint density at radius 2 is 2.22 bits per heavy atom. The maximum Gasteiger partial charge on any atom is 0.185 e. The van der Waals surface area contributed by atoms with Gasteiger partial charge in [0.25, 0.3) is 0 Å². The number of aliphatic hydroxyl groups excluding tert-OH is 2. The summed E-state index contributed by atoms with van der Waals surface area (Å²) in [4.78, 5) is 25.2. The van der Waals surface area contributed by atoms with Crippen LogP contribution in [0.2, 0.25) is 0 Å². The first-order valence-electron chi connectivity index (χ1n) is 5.46. The largest absolute Gasteiger partial charge is 0.390 e. The summed E-state index contributed by atoms with van der Waals surface area (Å²) in [5, 5.41) is 19.6. The molecule has 5 nitrogen and oxygen atoms in total. The van der Waals surface area contributed by atoms with Gasteiger partial charge in [0.05, 0.1) is 11.8 Å². The van der Waals surface area contributed by atoms with Gasteiger partial charge < -0.3 is 10.2 Å². The van der Waals surface area contributed by atoms with Crippen molar-refractivity contribution in [1.82, 2.24) is 4.98 Å². The topological polar surface area (TPSA) is 87.5 Å². The van der Waals surface area contributed by atoms with E-state index in [0.717, 1.165) is 11.8 Å². The minimum Gasteiger partial charge on any atom is -0.390 e. The Kier molecular flexibility index (Phi) is 5.97. The minimum absolute atomic E-state index is 0.0298. The molecule has 1 aromatic heterocycles. The molecule has 1 aromatic rings. The molecule has 0 aliphatic carbocycles. The Balaban J connectivity index is 2.58. The van der Waals surface area contributed by atoms with Crippen LogP contribution in [-0.2, 0) is 4.79 Å². The molecule has 0 aliphatic heterocycles. The van der Waals surface area contributed by atoms with Crippen LogP contribution in [0.1, 0.15) is 35.6 Å². The number of aliphatic hydroxyl groups is 2. The van der Waals surface area contributed by atoms with E-state index in [4.69, 9.17) is 0 Å². The van der Waals surface area contributed by atoms with Crippen LogP contribution in [-0.4, -0.2) is 38.5 Å². The highest BCUT2D eigenvalue weighted by atomic mass is 32.2. The van der Waals surface area contributed by atoms with Crippen LogP contribution in [0.25, 0.3) is 0 Å². The number of carbonyl (C=O) groups is 2. The Morgan fingerprint density at radius 3 is 2.83 bits per heavy atom. The third-order valence-electron chi connectivity index (χ3n) is 2.30. The van der Waals surface area contributed by atoms with Gasteiger partial charge in [-0.15, -0.1) is 0 Å². The normalized spacial score (nSPS) is 13.9. The number of aldehydes is 1. The summed E-state index contributed by atoms with van der Waals surface area (Å²) in [7, 11) is 0. The van der Waals surface area contributed by atoms with Gasteiger partial charge in [0, 0.05) is 12.7 Å². The monoisotopic (exact) mass is 269 g/mol. The molecule has 1 heterocycles. The molecule has 2 atom stereocenters. The summed E-state index contributed by atoms with van der Waals surface area (Å²) in [6.07, 6.45) is -1.31. The van der Waals surface area contributed by atoms with E-state index in [1.54, 1.807) is 12.1 Å². The second-order valence-electron chi connectivity index (χ2n) is 3.75. The number of nitrogens with zero attached hydrogens (tertiary/aromatic N) is 1. The average molecular weight is 269 g/mol. The summed E-state index contributed by atoms with van der Waals surface area (Å²) in [5.41, 5.74) is 0.455. The summed E-state index contributed by atoms with van der Waals surface area (Å²) in [6.45, 7) is 1.45. The molecular weight excluding hydrogens is 254 g/mol. The fraction of sp³-hybridized carbons (Fsp3) is 0.417. The van der Waals surface area contributed by atoms with Crippen molar-refractivity contribution in [2.75, 3.05) is 5.75 Å². The van der Waals surface area contributed by atoms with Crippen LogP contribution < -0.4 is 0 Å². The molecule has 0 fully saturated rings. The number of carbonyl (C=O) groups excluding carboxylic acids is 2. The zero-order chi connectivity index (χ0) is 13.5. The van der Waals surface area contributed by atoms with E-state index in [2.05, 4.69) is 4.98 Å². The third-order valence-corrected chi connectivity index (χ3v) is 3.15. The van der Waals surface area contributed by atoms with Gasteiger partial charge in [0.15, 0.2) is 11.4 Å². The van der Waals surface area contributed by atoms with Crippen LogP contribution >= 0.6 is 11.8 Å². The van der Waals surface area contributed by atoms with Crippen molar-refractivity contribution in [2.24, 2.45) is 0 Å². The van der Waals surface area contributed by atoms with Crippen LogP contribution in [0.3, 0.4) is 0 Å². The number of hydrogen-bond donors (Lipinski definition) is 2. The fourth-order valence-electron chi connectivity index (χ4n) is 1.38. The molecule has 0 amide bonds. The van der Waals surface area contributed by atoms with Crippen molar-refractivity contribution in [2.45, 2.75) is 25.6 Å². The number of pyridine rings is 1. The van der Waals surface area contributed by atoms with Crippen LogP contribution in [0.5, 0.6) is 0 Å². The maximum atomic E-state index is 10.7. The van der Waals surface area contributed by atoms with Crippen molar-refractivity contribution >= 4 is 23.2 Å². The molecule has 0 spiro atoms. The van der Waals surface area contributed by atoms with Crippen LogP contribution in [0.15, 0.2) is 18.2 Å². The van der Waals surface area contributed by atoms with Crippen LogP contribution in [0.4, 0.5) is 0 Å². The highest BCUT2D eigenvalue weighted by molar-refractivity contribution is 8.13. The van der Waals surface area contributed by atoms with E-state index in [1.165, 1.54) is 13.0 Å². The van der Waals surface area contributed by atoms with E-state index in [1.807, 2.05) is 0 Å². The number of thioether (sulfide) groups is 1. The highest BCUT2D eigenvalue weighted by Gasteiger charge is 2.19. The van der Waals surface area contributed by atoms with Gasteiger partial charge in [-0.2, -0.15) is 0 Å². The molecule has 0 aliphatic rings. The number of aromatic nitrogens is 1. The van der Waals surface area contributed by atoms with Crippen molar-refractivity contribution < 1.29 is 19.8 Å². The summed E-state index contributed by atoms with van der Waals surface area (Å²) < 4.78 is 0. The van der Waals surface area contributed by atoms with Gasteiger partial charge in [-0.1, -0.05) is 17.8 Å². The SMILES string of the molecule is CC(=O)SCCC(O)C(O)c1cccc(C=O)n1. The minimum atomic E-state index is -1.16. The summed E-state index contributed by atoms with van der Waals surface area (Å²) in [5.74, 6) is 0.431. The first-order chi connectivity index (χ1) is 8.54. The predicted octanol–water partition coefficient (Wildman–Crippen LogP) is 0.958. The Morgan fingerprint density at radius 1 is 1.50 bits per heavy atom. The average Bonchev–Trinajstić information content (AvgIpc) is 2.37. The van der Waals surface area contributed by atoms with E-state index in [0.29, 0.717) is 12.0 Å². The van der Waals surface area contributed by atoms with Crippen molar-refractivity contribution in [3.05, 3.63) is 29.6 Å². The molecular formula is C12H15NO4S. The highest BCUT2D eigenvalue weighted by Crippen LogP contribution is 2.19. The molecule has 0 aromatic carbocycles. The molecule has 0 bridgehead atoms. The lowest BCUT2D eigenvalue weighted by molar-refractivity contribution is -0.109. The third kappa shape index (κ3) is 4.56.